The van der Waals surface area contributed by atoms with Gasteiger partial charge < -0.3 is 5.32 Å². The first kappa shape index (κ1) is 15.5. The number of aryl methyl sites for hydroxylation is 2. The van der Waals surface area contributed by atoms with Crippen LogP contribution in [0.15, 0.2) is 6.07 Å². The second-order valence-electron chi connectivity index (χ2n) is 7.14. The lowest BCUT2D eigenvalue weighted by atomic mass is 9.81. The summed E-state index contributed by atoms with van der Waals surface area (Å²) < 4.78 is 0. The summed E-state index contributed by atoms with van der Waals surface area (Å²) in [5.74, 6) is 0. The Bertz CT molecular complexity index is 474. The molecule has 0 amide bonds. The van der Waals surface area contributed by atoms with Gasteiger partial charge in [0.15, 0.2) is 0 Å². The Labute approximate surface area is 133 Å². The quantitative estimate of drug-likeness (QED) is 0.870. The van der Waals surface area contributed by atoms with Crippen molar-refractivity contribution in [2.24, 2.45) is 0 Å². The van der Waals surface area contributed by atoms with Crippen molar-refractivity contribution in [2.45, 2.75) is 70.9 Å². The molecule has 0 aromatic carbocycles. The fourth-order valence-corrected chi connectivity index (χ4v) is 5.33. The van der Waals surface area contributed by atoms with Gasteiger partial charge in [0.25, 0.3) is 0 Å². The second kappa shape index (κ2) is 6.39. The standard InChI is InChI=1S/C18H30N2S/c1-14-12-17(16(3)21-14)15(2)20-11-7-10-19-18(13-20)8-5-4-6-9-18/h12,15,19H,4-11,13H2,1-3H3. The van der Waals surface area contributed by atoms with Gasteiger partial charge in [0.1, 0.15) is 0 Å². The van der Waals surface area contributed by atoms with Crippen LogP contribution < -0.4 is 5.32 Å². The van der Waals surface area contributed by atoms with Gasteiger partial charge in [-0.2, -0.15) is 0 Å². The first-order chi connectivity index (χ1) is 10.1. The molecule has 2 nitrogen and oxygen atoms in total. The molecule has 2 aliphatic rings. The van der Waals surface area contributed by atoms with E-state index in [0.29, 0.717) is 11.6 Å². The van der Waals surface area contributed by atoms with E-state index >= 15 is 0 Å². The molecule has 1 saturated heterocycles. The fraction of sp³-hybridized carbons (Fsp3) is 0.778. The normalized spacial score (nSPS) is 24.9. The molecular weight excluding hydrogens is 276 g/mol. The Morgan fingerprint density at radius 3 is 2.62 bits per heavy atom. The van der Waals surface area contributed by atoms with E-state index in [-0.39, 0.29) is 0 Å². The van der Waals surface area contributed by atoms with Crippen molar-refractivity contribution in [3.8, 4) is 0 Å². The number of rotatable bonds is 2. The molecule has 1 saturated carbocycles. The van der Waals surface area contributed by atoms with Crippen LogP contribution in [-0.2, 0) is 0 Å². The summed E-state index contributed by atoms with van der Waals surface area (Å²) in [5.41, 5.74) is 1.97. The first-order valence-corrected chi connectivity index (χ1v) is 9.47. The molecule has 1 aliphatic heterocycles. The number of thiophene rings is 1. The molecule has 2 heterocycles. The molecule has 3 heteroatoms. The molecule has 1 unspecified atom stereocenters. The lowest BCUT2D eigenvalue weighted by Gasteiger charge is -2.41. The number of hydrogen-bond acceptors (Lipinski definition) is 3. The Morgan fingerprint density at radius 1 is 1.19 bits per heavy atom. The van der Waals surface area contributed by atoms with Crippen LogP contribution in [-0.4, -0.2) is 30.1 Å². The van der Waals surface area contributed by atoms with E-state index in [4.69, 9.17) is 0 Å². The third kappa shape index (κ3) is 3.35. The summed E-state index contributed by atoms with van der Waals surface area (Å²) in [6.45, 7) is 10.6. The molecule has 1 aromatic heterocycles. The van der Waals surface area contributed by atoms with Gasteiger partial charge in [0.2, 0.25) is 0 Å². The highest BCUT2D eigenvalue weighted by Crippen LogP contribution is 2.35. The second-order valence-corrected chi connectivity index (χ2v) is 8.60. The largest absolute Gasteiger partial charge is 0.310 e. The van der Waals surface area contributed by atoms with E-state index < -0.39 is 0 Å². The third-order valence-corrected chi connectivity index (χ3v) is 6.50. The minimum Gasteiger partial charge on any atom is -0.310 e. The zero-order valence-electron chi connectivity index (χ0n) is 13.9. The summed E-state index contributed by atoms with van der Waals surface area (Å²) in [6, 6.07) is 2.98. The maximum Gasteiger partial charge on any atom is 0.0331 e. The summed E-state index contributed by atoms with van der Waals surface area (Å²) in [4.78, 5) is 5.71. The average Bonchev–Trinajstić information content (AvgIpc) is 2.69. The van der Waals surface area contributed by atoms with Gasteiger partial charge in [-0.15, -0.1) is 11.3 Å². The van der Waals surface area contributed by atoms with Crippen LogP contribution in [0, 0.1) is 13.8 Å². The van der Waals surface area contributed by atoms with Crippen molar-refractivity contribution in [1.82, 2.24) is 10.2 Å². The van der Waals surface area contributed by atoms with E-state index in [9.17, 15) is 0 Å². The van der Waals surface area contributed by atoms with Gasteiger partial charge >= 0.3 is 0 Å². The number of hydrogen-bond donors (Lipinski definition) is 1. The summed E-state index contributed by atoms with van der Waals surface area (Å²) in [7, 11) is 0. The van der Waals surface area contributed by atoms with Crippen molar-refractivity contribution in [3.63, 3.8) is 0 Å². The van der Waals surface area contributed by atoms with Crippen molar-refractivity contribution in [2.75, 3.05) is 19.6 Å². The fourth-order valence-electron chi connectivity index (χ4n) is 4.32. The number of nitrogens with zero attached hydrogens (tertiary/aromatic N) is 1. The maximum absolute atomic E-state index is 3.91. The molecule has 1 atom stereocenters. The minimum atomic E-state index is 0.405. The average molecular weight is 307 g/mol. The summed E-state index contributed by atoms with van der Waals surface area (Å²) in [6.07, 6.45) is 8.28. The van der Waals surface area contributed by atoms with Crippen LogP contribution >= 0.6 is 11.3 Å². The Morgan fingerprint density at radius 2 is 1.95 bits per heavy atom. The van der Waals surface area contributed by atoms with Crippen LogP contribution in [0.25, 0.3) is 0 Å². The van der Waals surface area contributed by atoms with Gasteiger partial charge in [-0.25, -0.2) is 0 Å². The maximum atomic E-state index is 3.91. The lowest BCUT2D eigenvalue weighted by Crippen LogP contribution is -2.52. The van der Waals surface area contributed by atoms with Crippen LogP contribution in [0.3, 0.4) is 0 Å². The topological polar surface area (TPSA) is 15.3 Å². The van der Waals surface area contributed by atoms with Gasteiger partial charge in [0.05, 0.1) is 0 Å². The zero-order chi connectivity index (χ0) is 14.9. The minimum absolute atomic E-state index is 0.405. The predicted octanol–water partition coefficient (Wildman–Crippen LogP) is 4.42. The van der Waals surface area contributed by atoms with Crippen LogP contribution in [0.2, 0.25) is 0 Å². The van der Waals surface area contributed by atoms with Crippen molar-refractivity contribution in [1.29, 1.82) is 0 Å². The molecule has 0 radical (unpaired) electrons. The highest BCUT2D eigenvalue weighted by molar-refractivity contribution is 7.12. The van der Waals surface area contributed by atoms with E-state index in [2.05, 4.69) is 37.1 Å². The van der Waals surface area contributed by atoms with Gasteiger partial charge in [-0.3, -0.25) is 4.90 Å². The smallest absolute Gasteiger partial charge is 0.0331 e. The van der Waals surface area contributed by atoms with E-state index in [0.717, 1.165) is 0 Å². The Balaban J connectivity index is 1.78. The predicted molar refractivity (Wildman–Crippen MR) is 92.2 cm³/mol. The lowest BCUT2D eigenvalue weighted by molar-refractivity contribution is 0.134. The Hall–Kier alpha value is -0.380. The molecule has 118 valence electrons. The van der Waals surface area contributed by atoms with Crippen molar-refractivity contribution < 1.29 is 0 Å². The van der Waals surface area contributed by atoms with E-state index in [1.54, 1.807) is 5.56 Å². The highest BCUT2D eigenvalue weighted by Gasteiger charge is 2.36. The highest BCUT2D eigenvalue weighted by atomic mass is 32.1. The molecule has 1 spiro atoms. The summed E-state index contributed by atoms with van der Waals surface area (Å²) >= 11 is 1.95. The Kier molecular flexibility index (Phi) is 4.72. The van der Waals surface area contributed by atoms with Gasteiger partial charge in [0, 0.05) is 34.4 Å². The van der Waals surface area contributed by atoms with Gasteiger partial charge in [-0.1, -0.05) is 19.3 Å². The summed E-state index contributed by atoms with van der Waals surface area (Å²) in [5, 5.41) is 3.91. The molecule has 0 bridgehead atoms. The third-order valence-electron chi connectivity index (χ3n) is 5.52. The SMILES string of the molecule is Cc1cc(C(C)N2CCCNC3(CCCCC3)C2)c(C)s1. The van der Waals surface area contributed by atoms with Gasteiger partial charge in [-0.05, 0) is 58.2 Å². The molecule has 1 N–H and O–H groups in total. The van der Waals surface area contributed by atoms with E-state index in [1.165, 1.54) is 67.9 Å². The number of nitrogens with one attached hydrogen (secondary N) is 1. The van der Waals surface area contributed by atoms with Crippen LogP contribution in [0.4, 0.5) is 0 Å². The van der Waals surface area contributed by atoms with Crippen molar-refractivity contribution >= 4 is 11.3 Å². The van der Waals surface area contributed by atoms with Crippen molar-refractivity contribution in [3.05, 3.63) is 21.4 Å². The molecule has 2 fully saturated rings. The molecule has 3 rings (SSSR count). The zero-order valence-corrected chi connectivity index (χ0v) is 14.7. The van der Waals surface area contributed by atoms with Crippen LogP contribution in [0.1, 0.15) is 66.8 Å². The monoisotopic (exact) mass is 306 g/mol. The van der Waals surface area contributed by atoms with Crippen LogP contribution in [0.5, 0.6) is 0 Å². The molecular formula is C18H30N2S. The van der Waals surface area contributed by atoms with E-state index in [1.807, 2.05) is 11.3 Å². The molecule has 1 aliphatic carbocycles. The molecule has 21 heavy (non-hydrogen) atoms. The molecule has 1 aromatic rings. The first-order valence-electron chi connectivity index (χ1n) is 8.66.